The van der Waals surface area contributed by atoms with Crippen molar-refractivity contribution in [2.24, 2.45) is 0 Å². The van der Waals surface area contributed by atoms with Crippen LogP contribution in [0.15, 0.2) is 0 Å². The van der Waals surface area contributed by atoms with Crippen LogP contribution < -0.4 is 5.32 Å². The molecule has 0 radical (unpaired) electrons. The summed E-state index contributed by atoms with van der Waals surface area (Å²) in [6.45, 7) is 15.5. The van der Waals surface area contributed by atoms with Crippen molar-refractivity contribution < 1.29 is 0 Å². The standard InChI is InChI=1S/C12H20N2S2.2C2H6/c1-4-7-14(3)8-5-6-13-10-9(2)11(15)12(10)16;2*1-2/h13H,4-8H2,1-3H3;2*1-2H3. The molecule has 2 nitrogen and oxygen atoms in total. The molecule has 20 heavy (non-hydrogen) atoms. The van der Waals surface area contributed by atoms with Crippen LogP contribution in [0.2, 0.25) is 0 Å². The summed E-state index contributed by atoms with van der Waals surface area (Å²) in [5.41, 5.74) is 2.25. The molecule has 0 spiro atoms. The Morgan fingerprint density at radius 3 is 2.00 bits per heavy atom. The lowest BCUT2D eigenvalue weighted by atomic mass is 10.1. The Morgan fingerprint density at radius 1 is 1.00 bits per heavy atom. The van der Waals surface area contributed by atoms with E-state index in [1.54, 1.807) is 0 Å². The molecule has 0 saturated heterocycles. The van der Waals surface area contributed by atoms with Gasteiger partial charge in [0.2, 0.25) is 0 Å². The molecule has 4 heteroatoms. The highest BCUT2D eigenvalue weighted by atomic mass is 32.1. The lowest BCUT2D eigenvalue weighted by molar-refractivity contribution is 0.333. The summed E-state index contributed by atoms with van der Waals surface area (Å²) >= 11 is 10.3. The van der Waals surface area contributed by atoms with Crippen molar-refractivity contribution in [3.8, 4) is 0 Å². The first-order valence-corrected chi connectivity index (χ1v) is 8.62. The largest absolute Gasteiger partial charge is 0.384 e. The summed E-state index contributed by atoms with van der Waals surface area (Å²) in [6, 6.07) is 0. The Labute approximate surface area is 136 Å². The van der Waals surface area contributed by atoms with Crippen LogP contribution in [-0.4, -0.2) is 31.6 Å². The minimum atomic E-state index is 0.842. The Kier molecular flexibility index (Phi) is 15.0. The first-order chi connectivity index (χ1) is 9.57. The monoisotopic (exact) mass is 316 g/mol. The van der Waals surface area contributed by atoms with Gasteiger partial charge in [0.1, 0.15) is 0 Å². The third-order valence-electron chi connectivity index (χ3n) is 2.77. The van der Waals surface area contributed by atoms with Gasteiger partial charge in [-0.1, -0.05) is 59.1 Å². The lowest BCUT2D eigenvalue weighted by Gasteiger charge is -2.17. The molecule has 0 aromatic heterocycles. The van der Waals surface area contributed by atoms with Crippen LogP contribution in [0.4, 0.5) is 5.69 Å². The average Bonchev–Trinajstić information content (AvgIpc) is 2.50. The molecule has 0 bridgehead atoms. The van der Waals surface area contributed by atoms with Crippen molar-refractivity contribution in [1.82, 2.24) is 4.90 Å². The number of anilines is 1. The van der Waals surface area contributed by atoms with Gasteiger partial charge in [0.25, 0.3) is 0 Å². The average molecular weight is 317 g/mol. The fourth-order valence-electron chi connectivity index (χ4n) is 1.77. The molecular weight excluding hydrogens is 284 g/mol. The number of nitrogens with zero attached hydrogens (tertiary/aromatic N) is 1. The SMILES string of the molecule is CC.CC.CCCN(C)CCCNc1c(C)c(=S)c1=S. The van der Waals surface area contributed by atoms with Gasteiger partial charge >= 0.3 is 0 Å². The topological polar surface area (TPSA) is 15.3 Å². The molecule has 118 valence electrons. The molecule has 0 unspecified atom stereocenters. The Balaban J connectivity index is 0. The fraction of sp³-hybridized carbons (Fsp3) is 0.750. The first kappa shape index (κ1) is 22.0. The van der Waals surface area contributed by atoms with Gasteiger partial charge in [-0.2, -0.15) is 0 Å². The molecule has 0 heterocycles. The fourth-order valence-corrected chi connectivity index (χ4v) is 2.36. The van der Waals surface area contributed by atoms with Gasteiger partial charge in [0, 0.05) is 6.54 Å². The summed E-state index contributed by atoms with van der Waals surface area (Å²) in [5.74, 6) is 0. The van der Waals surface area contributed by atoms with Gasteiger partial charge in [-0.3, -0.25) is 0 Å². The van der Waals surface area contributed by atoms with Gasteiger partial charge in [-0.15, -0.1) is 0 Å². The highest BCUT2D eigenvalue weighted by Crippen LogP contribution is 2.24. The van der Waals surface area contributed by atoms with E-state index in [0.29, 0.717) is 0 Å². The molecule has 0 fully saturated rings. The smallest absolute Gasteiger partial charge is 0.0795 e. The van der Waals surface area contributed by atoms with Gasteiger partial charge in [-0.05, 0) is 45.5 Å². The van der Waals surface area contributed by atoms with Crippen molar-refractivity contribution in [2.45, 2.75) is 54.4 Å². The number of hydrogen-bond acceptors (Lipinski definition) is 4. The molecule has 0 amide bonds. The van der Waals surface area contributed by atoms with E-state index in [0.717, 1.165) is 39.8 Å². The first-order valence-electron chi connectivity index (χ1n) is 7.80. The van der Waals surface area contributed by atoms with Gasteiger partial charge in [-0.25, -0.2) is 0 Å². The Bertz CT molecular complexity index is 407. The molecule has 1 rings (SSSR count). The van der Waals surface area contributed by atoms with Crippen molar-refractivity contribution in [3.63, 3.8) is 0 Å². The van der Waals surface area contributed by atoms with Crippen molar-refractivity contribution >= 4 is 30.1 Å². The number of rotatable bonds is 7. The minimum Gasteiger partial charge on any atom is -0.384 e. The zero-order valence-electron chi connectivity index (χ0n) is 14.3. The second-order valence-electron chi connectivity index (χ2n) is 4.24. The molecule has 1 aromatic carbocycles. The summed E-state index contributed by atoms with van der Waals surface area (Å²) < 4.78 is 1.70. The van der Waals surface area contributed by atoms with Crippen LogP contribution in [0.25, 0.3) is 0 Å². The summed E-state index contributed by atoms with van der Waals surface area (Å²) in [7, 11) is 2.16. The predicted octanol–water partition coefficient (Wildman–Crippen LogP) is 5.53. The third-order valence-corrected chi connectivity index (χ3v) is 3.82. The molecule has 1 aromatic rings. The second kappa shape index (κ2) is 13.7. The number of nitrogens with one attached hydrogen (secondary N) is 1. The minimum absolute atomic E-state index is 0.842. The van der Waals surface area contributed by atoms with Crippen LogP contribution in [0.1, 0.15) is 53.0 Å². The Morgan fingerprint density at radius 2 is 1.55 bits per heavy atom. The summed E-state index contributed by atoms with van der Waals surface area (Å²) in [6.07, 6.45) is 2.36. The number of hydrogen-bond donors (Lipinski definition) is 1. The van der Waals surface area contributed by atoms with E-state index in [1.807, 2.05) is 34.6 Å². The van der Waals surface area contributed by atoms with E-state index in [-0.39, 0.29) is 0 Å². The zero-order valence-corrected chi connectivity index (χ0v) is 15.9. The van der Waals surface area contributed by atoms with E-state index in [9.17, 15) is 0 Å². The van der Waals surface area contributed by atoms with E-state index < -0.39 is 0 Å². The maximum atomic E-state index is 5.18. The predicted molar refractivity (Wildman–Crippen MR) is 98.8 cm³/mol. The van der Waals surface area contributed by atoms with E-state index >= 15 is 0 Å². The zero-order chi connectivity index (χ0) is 16.1. The van der Waals surface area contributed by atoms with E-state index in [1.165, 1.54) is 13.0 Å². The second-order valence-corrected chi connectivity index (χ2v) is 5.06. The summed E-state index contributed by atoms with van der Waals surface area (Å²) in [4.78, 5) is 2.35. The highest BCUT2D eigenvalue weighted by molar-refractivity contribution is 7.74. The van der Waals surface area contributed by atoms with Crippen molar-refractivity contribution in [2.75, 3.05) is 32.0 Å². The molecule has 0 saturated carbocycles. The molecule has 1 N–H and O–H groups in total. The Hall–Kier alpha value is -0.320. The maximum Gasteiger partial charge on any atom is 0.0795 e. The molecule has 0 aliphatic carbocycles. The summed E-state index contributed by atoms with van der Waals surface area (Å²) in [5, 5.41) is 3.37. The van der Waals surface area contributed by atoms with Gasteiger partial charge < -0.3 is 10.2 Å². The van der Waals surface area contributed by atoms with E-state index in [4.69, 9.17) is 24.4 Å². The molecule has 0 atom stereocenters. The lowest BCUT2D eigenvalue weighted by Crippen LogP contribution is -2.22. The van der Waals surface area contributed by atoms with E-state index in [2.05, 4.69) is 24.2 Å². The van der Waals surface area contributed by atoms with Gasteiger partial charge in [0.15, 0.2) is 0 Å². The van der Waals surface area contributed by atoms with Crippen molar-refractivity contribution in [1.29, 1.82) is 0 Å². The molecular formula is C16H32N2S2. The molecule has 0 aliphatic rings. The van der Waals surface area contributed by atoms with Crippen molar-refractivity contribution in [3.05, 3.63) is 14.6 Å². The normalized spacial score (nSPS) is 9.60. The quantitative estimate of drug-likeness (QED) is 0.525. The maximum absolute atomic E-state index is 5.18. The van der Waals surface area contributed by atoms with Crippen LogP contribution >= 0.6 is 24.4 Å². The van der Waals surface area contributed by atoms with Crippen LogP contribution in [0.5, 0.6) is 0 Å². The van der Waals surface area contributed by atoms with Crippen LogP contribution in [0.3, 0.4) is 0 Å². The van der Waals surface area contributed by atoms with Crippen LogP contribution in [-0.2, 0) is 0 Å². The highest BCUT2D eigenvalue weighted by Gasteiger charge is 2.08. The van der Waals surface area contributed by atoms with Gasteiger partial charge in [0.05, 0.1) is 14.7 Å². The molecule has 0 aliphatic heterocycles. The van der Waals surface area contributed by atoms with Crippen LogP contribution in [0, 0.1) is 15.9 Å². The third kappa shape index (κ3) is 7.46.